The summed E-state index contributed by atoms with van der Waals surface area (Å²) in [5.41, 5.74) is 9.04. The molecule has 0 bridgehead atoms. The Kier molecular flexibility index (Phi) is 4.87. The van der Waals surface area contributed by atoms with Gasteiger partial charge in [0.05, 0.1) is 6.04 Å². The molecule has 1 unspecified atom stereocenters. The van der Waals surface area contributed by atoms with E-state index in [0.29, 0.717) is 29.3 Å². The number of hydrogen-bond donors (Lipinski definition) is 3. The molecule has 146 valence electrons. The predicted molar refractivity (Wildman–Crippen MR) is 113 cm³/mol. The van der Waals surface area contributed by atoms with Crippen molar-refractivity contribution in [3.63, 3.8) is 0 Å². The van der Waals surface area contributed by atoms with E-state index in [1.165, 1.54) is 6.08 Å². The van der Waals surface area contributed by atoms with Crippen LogP contribution in [-0.4, -0.2) is 28.1 Å². The number of fused-ring (bicyclic) bond motifs is 1. The number of hydrogen-bond acceptors (Lipinski definition) is 4. The molecule has 4 rings (SSSR count). The van der Waals surface area contributed by atoms with Crippen LogP contribution in [0.4, 0.5) is 11.5 Å². The zero-order valence-corrected chi connectivity index (χ0v) is 15.8. The third kappa shape index (κ3) is 3.38. The summed E-state index contributed by atoms with van der Waals surface area (Å²) in [4.78, 5) is 24.2. The van der Waals surface area contributed by atoms with Gasteiger partial charge in [0, 0.05) is 23.4 Å². The molecule has 2 heterocycles. The van der Waals surface area contributed by atoms with Crippen molar-refractivity contribution in [2.75, 3.05) is 17.2 Å². The van der Waals surface area contributed by atoms with Gasteiger partial charge in [-0.2, -0.15) is 5.10 Å². The lowest BCUT2D eigenvalue weighted by Crippen LogP contribution is -2.27. The Morgan fingerprint density at radius 3 is 2.62 bits per heavy atom. The second-order valence-corrected chi connectivity index (χ2v) is 6.76. The molecule has 1 aliphatic heterocycles. The fraction of sp³-hybridized carbons (Fsp3) is 0.136. The van der Waals surface area contributed by atoms with E-state index in [1.807, 2.05) is 54.6 Å². The maximum atomic E-state index is 12.3. The van der Waals surface area contributed by atoms with Crippen molar-refractivity contribution in [1.82, 2.24) is 9.78 Å². The van der Waals surface area contributed by atoms with Gasteiger partial charge in [0.2, 0.25) is 5.91 Å². The van der Waals surface area contributed by atoms with E-state index in [0.717, 1.165) is 17.5 Å². The Morgan fingerprint density at radius 2 is 1.90 bits per heavy atom. The van der Waals surface area contributed by atoms with Gasteiger partial charge in [0.15, 0.2) is 0 Å². The molecule has 0 aliphatic carbocycles. The Hall–Kier alpha value is -3.87. The van der Waals surface area contributed by atoms with E-state index in [-0.39, 0.29) is 11.9 Å². The summed E-state index contributed by atoms with van der Waals surface area (Å²) in [6.07, 6.45) is 1.97. The summed E-state index contributed by atoms with van der Waals surface area (Å²) in [5, 5.41) is 10.9. The second kappa shape index (κ2) is 7.63. The molecule has 0 saturated heterocycles. The number of aromatic nitrogens is 2. The van der Waals surface area contributed by atoms with Crippen LogP contribution in [0.15, 0.2) is 67.3 Å². The van der Waals surface area contributed by atoms with Gasteiger partial charge in [-0.05, 0) is 18.6 Å². The molecule has 29 heavy (non-hydrogen) atoms. The number of benzene rings is 2. The smallest absolute Gasteiger partial charge is 0.254 e. The number of nitrogens with one attached hydrogen (secondary N) is 2. The van der Waals surface area contributed by atoms with Crippen molar-refractivity contribution >= 4 is 23.3 Å². The molecule has 3 aromatic rings. The van der Waals surface area contributed by atoms with Gasteiger partial charge in [-0.1, -0.05) is 55.1 Å². The van der Waals surface area contributed by atoms with Crippen molar-refractivity contribution in [1.29, 1.82) is 0 Å². The van der Waals surface area contributed by atoms with Crippen molar-refractivity contribution in [2.45, 2.75) is 12.5 Å². The molecule has 4 N–H and O–H groups in total. The third-order valence-electron chi connectivity index (χ3n) is 4.97. The second-order valence-electron chi connectivity index (χ2n) is 6.76. The van der Waals surface area contributed by atoms with Crippen molar-refractivity contribution < 1.29 is 9.59 Å². The number of carbonyl (C=O) groups excluding carboxylic acids is 2. The summed E-state index contributed by atoms with van der Waals surface area (Å²) >= 11 is 0. The van der Waals surface area contributed by atoms with Crippen LogP contribution in [0.1, 0.15) is 28.4 Å². The highest BCUT2D eigenvalue weighted by Gasteiger charge is 2.31. The Bertz CT molecular complexity index is 1090. The van der Waals surface area contributed by atoms with Crippen LogP contribution in [0.5, 0.6) is 0 Å². The molecule has 0 spiro atoms. The predicted octanol–water partition coefficient (Wildman–Crippen LogP) is 3.18. The monoisotopic (exact) mass is 387 g/mol. The van der Waals surface area contributed by atoms with E-state index in [9.17, 15) is 9.59 Å². The molecule has 2 amide bonds. The van der Waals surface area contributed by atoms with Gasteiger partial charge in [-0.25, -0.2) is 4.68 Å². The molecule has 0 radical (unpaired) electrons. The standard InChI is InChI=1S/C22H21N5O2/c1-2-18(28)25-16-11-7-6-10-15(16)17-12-13-24-22-19(21(23)29)20(26-27(17)22)14-8-4-3-5-9-14/h2-11,17,24H,1,12-13H2,(H2,23,29)(H,25,28). The minimum atomic E-state index is -0.536. The van der Waals surface area contributed by atoms with Gasteiger partial charge in [0.25, 0.3) is 5.91 Å². The molecular weight excluding hydrogens is 366 g/mol. The molecule has 1 aromatic heterocycles. The van der Waals surface area contributed by atoms with E-state index in [2.05, 4.69) is 17.2 Å². The van der Waals surface area contributed by atoms with Gasteiger partial charge in [0.1, 0.15) is 17.1 Å². The van der Waals surface area contributed by atoms with Gasteiger partial charge in [-0.3, -0.25) is 9.59 Å². The summed E-state index contributed by atoms with van der Waals surface area (Å²) < 4.78 is 1.80. The Balaban J connectivity index is 1.86. The first-order valence-electron chi connectivity index (χ1n) is 9.34. The molecule has 7 heteroatoms. The first-order valence-corrected chi connectivity index (χ1v) is 9.34. The van der Waals surface area contributed by atoms with Crippen molar-refractivity contribution in [3.05, 3.63) is 78.4 Å². The maximum Gasteiger partial charge on any atom is 0.254 e. The Morgan fingerprint density at radius 1 is 1.17 bits per heavy atom. The highest BCUT2D eigenvalue weighted by atomic mass is 16.1. The fourth-order valence-corrected chi connectivity index (χ4v) is 3.68. The average Bonchev–Trinajstić information content (AvgIpc) is 3.15. The van der Waals surface area contributed by atoms with Gasteiger partial charge >= 0.3 is 0 Å². The van der Waals surface area contributed by atoms with Crippen LogP contribution in [0.3, 0.4) is 0 Å². The first kappa shape index (κ1) is 18.5. The lowest BCUT2D eigenvalue weighted by Gasteiger charge is -2.28. The lowest BCUT2D eigenvalue weighted by atomic mass is 9.99. The van der Waals surface area contributed by atoms with Crippen molar-refractivity contribution in [2.24, 2.45) is 5.73 Å². The molecular formula is C22H21N5O2. The summed E-state index contributed by atoms with van der Waals surface area (Å²) in [7, 11) is 0. The van der Waals surface area contributed by atoms with Gasteiger partial charge in [-0.15, -0.1) is 0 Å². The van der Waals surface area contributed by atoms with Crippen molar-refractivity contribution in [3.8, 4) is 11.3 Å². The quantitative estimate of drug-likeness (QED) is 0.585. The molecule has 2 aromatic carbocycles. The third-order valence-corrected chi connectivity index (χ3v) is 4.97. The highest BCUT2D eigenvalue weighted by molar-refractivity contribution is 6.04. The number of rotatable bonds is 5. The van der Waals surface area contributed by atoms with Crippen LogP contribution >= 0.6 is 0 Å². The topological polar surface area (TPSA) is 102 Å². The van der Waals surface area contributed by atoms with Gasteiger partial charge < -0.3 is 16.4 Å². The molecule has 1 atom stereocenters. The fourth-order valence-electron chi connectivity index (χ4n) is 3.68. The normalized spacial score (nSPS) is 15.1. The number of nitrogens with zero attached hydrogens (tertiary/aromatic N) is 2. The minimum absolute atomic E-state index is 0.164. The maximum absolute atomic E-state index is 12.3. The van der Waals surface area contributed by atoms with E-state index >= 15 is 0 Å². The Labute approximate surface area is 168 Å². The van der Waals surface area contributed by atoms with E-state index < -0.39 is 5.91 Å². The van der Waals surface area contributed by atoms with E-state index in [1.54, 1.807) is 4.68 Å². The average molecular weight is 387 g/mol. The van der Waals surface area contributed by atoms with Crippen LogP contribution in [0.2, 0.25) is 0 Å². The summed E-state index contributed by atoms with van der Waals surface area (Å²) in [6, 6.07) is 16.9. The number of nitrogens with two attached hydrogens (primary N) is 1. The number of carbonyl (C=O) groups is 2. The number of para-hydroxylation sites is 1. The first-order chi connectivity index (χ1) is 14.1. The highest BCUT2D eigenvalue weighted by Crippen LogP contribution is 2.38. The number of anilines is 2. The summed E-state index contributed by atoms with van der Waals surface area (Å²) in [5.74, 6) is -0.223. The largest absolute Gasteiger partial charge is 0.369 e. The molecule has 0 saturated carbocycles. The summed E-state index contributed by atoms with van der Waals surface area (Å²) in [6.45, 7) is 4.16. The van der Waals surface area contributed by atoms with Crippen LogP contribution in [0.25, 0.3) is 11.3 Å². The zero-order chi connectivity index (χ0) is 20.4. The minimum Gasteiger partial charge on any atom is -0.369 e. The van der Waals surface area contributed by atoms with E-state index in [4.69, 9.17) is 10.8 Å². The lowest BCUT2D eigenvalue weighted by molar-refractivity contribution is -0.111. The van der Waals surface area contributed by atoms with Crippen LogP contribution in [0, 0.1) is 0 Å². The molecule has 1 aliphatic rings. The van der Waals surface area contributed by atoms with Crippen LogP contribution in [-0.2, 0) is 4.79 Å². The number of amides is 2. The van der Waals surface area contributed by atoms with Crippen LogP contribution < -0.4 is 16.4 Å². The zero-order valence-electron chi connectivity index (χ0n) is 15.8. The molecule has 7 nitrogen and oxygen atoms in total. The SMILES string of the molecule is C=CC(=O)Nc1ccccc1C1CCNc2c(C(N)=O)c(-c3ccccc3)nn21. The number of primary amides is 1. The molecule has 0 fully saturated rings.